The van der Waals surface area contributed by atoms with Crippen molar-refractivity contribution in [1.82, 2.24) is 9.88 Å². The molecule has 0 spiro atoms. The second kappa shape index (κ2) is 5.54. The van der Waals surface area contributed by atoms with Crippen molar-refractivity contribution >= 4 is 34.3 Å². The van der Waals surface area contributed by atoms with Crippen molar-refractivity contribution in [3.8, 4) is 0 Å². The fourth-order valence-electron chi connectivity index (χ4n) is 3.14. The first-order valence-corrected chi connectivity index (χ1v) is 7.79. The summed E-state index contributed by atoms with van der Waals surface area (Å²) in [6, 6.07) is 5.30. The summed E-state index contributed by atoms with van der Waals surface area (Å²) in [7, 11) is 0. The van der Waals surface area contributed by atoms with Crippen molar-refractivity contribution in [2.75, 3.05) is 13.1 Å². The van der Waals surface area contributed by atoms with Crippen molar-refractivity contribution in [2.24, 2.45) is 5.73 Å². The second-order valence-corrected chi connectivity index (χ2v) is 6.48. The Morgan fingerprint density at radius 1 is 1.43 bits per heavy atom. The average Bonchev–Trinajstić information content (AvgIpc) is 2.81. The smallest absolute Gasteiger partial charge is 0.256 e. The molecule has 0 aliphatic carbocycles. The van der Waals surface area contributed by atoms with E-state index in [0.717, 1.165) is 16.6 Å². The molecule has 1 aliphatic rings. The molecule has 0 unspecified atom stereocenters. The quantitative estimate of drug-likeness (QED) is 0.777. The first kappa shape index (κ1) is 15.8. The van der Waals surface area contributed by atoms with Crippen LogP contribution in [0.2, 0.25) is 5.02 Å². The summed E-state index contributed by atoms with van der Waals surface area (Å²) in [6.07, 6.45) is 0.790. The Morgan fingerprint density at radius 2 is 2.17 bits per heavy atom. The number of halogens is 1. The first-order valence-electron chi connectivity index (χ1n) is 7.41. The summed E-state index contributed by atoms with van der Waals surface area (Å²) < 4.78 is 0. The summed E-state index contributed by atoms with van der Waals surface area (Å²) in [4.78, 5) is 29.0. The number of benzene rings is 1. The number of amides is 2. The lowest BCUT2D eigenvalue weighted by atomic mass is 9.91. The molecule has 23 heavy (non-hydrogen) atoms. The van der Waals surface area contributed by atoms with Crippen LogP contribution in [0.25, 0.3) is 10.9 Å². The van der Waals surface area contributed by atoms with Gasteiger partial charge < -0.3 is 20.7 Å². The van der Waals surface area contributed by atoms with E-state index < -0.39 is 11.5 Å². The minimum Gasteiger partial charge on any atom is -0.378 e. The van der Waals surface area contributed by atoms with Crippen LogP contribution in [-0.4, -0.2) is 45.5 Å². The second-order valence-electron chi connectivity index (χ2n) is 6.04. The molecule has 0 saturated carbocycles. The van der Waals surface area contributed by atoms with Crippen molar-refractivity contribution in [1.29, 1.82) is 0 Å². The third-order valence-electron chi connectivity index (χ3n) is 4.38. The molecule has 2 heterocycles. The number of nitrogens with one attached hydrogen (secondary N) is 1. The topological polar surface area (TPSA) is 99.4 Å². The molecule has 4 N–H and O–H groups in total. The SMILES string of the molecule is Cc1[nH]c2ccc(Cl)cc2c1C(=O)N1CCC[C@@](O)(C(N)=O)C1. The van der Waals surface area contributed by atoms with Gasteiger partial charge in [-0.25, -0.2) is 0 Å². The van der Waals surface area contributed by atoms with Gasteiger partial charge in [0, 0.05) is 28.2 Å². The molecule has 1 aromatic carbocycles. The van der Waals surface area contributed by atoms with E-state index in [1.807, 2.05) is 13.0 Å². The molecule has 7 heteroatoms. The molecule has 0 bridgehead atoms. The highest BCUT2D eigenvalue weighted by molar-refractivity contribution is 6.31. The maximum atomic E-state index is 12.9. The normalized spacial score (nSPS) is 21.6. The van der Waals surface area contributed by atoms with Crippen LogP contribution < -0.4 is 5.73 Å². The Hall–Kier alpha value is -2.05. The predicted octanol–water partition coefficient (Wildman–Crippen LogP) is 1.58. The van der Waals surface area contributed by atoms with Crippen LogP contribution in [-0.2, 0) is 4.79 Å². The molecule has 1 saturated heterocycles. The van der Waals surface area contributed by atoms with E-state index in [2.05, 4.69) is 4.98 Å². The number of rotatable bonds is 2. The maximum Gasteiger partial charge on any atom is 0.256 e. The molecular weight excluding hydrogens is 318 g/mol. The number of hydrogen-bond donors (Lipinski definition) is 3. The molecule has 1 aromatic heterocycles. The lowest BCUT2D eigenvalue weighted by molar-refractivity contribution is -0.140. The van der Waals surface area contributed by atoms with Gasteiger partial charge in [-0.05, 0) is 38.0 Å². The van der Waals surface area contributed by atoms with Gasteiger partial charge in [-0.3, -0.25) is 9.59 Å². The van der Waals surface area contributed by atoms with Gasteiger partial charge >= 0.3 is 0 Å². The molecule has 2 aromatic rings. The number of primary amides is 1. The van der Waals surface area contributed by atoms with E-state index in [9.17, 15) is 14.7 Å². The standard InChI is InChI=1S/C16H18ClN3O3/c1-9-13(11-7-10(17)3-4-12(11)19-9)14(21)20-6-2-5-16(23,8-20)15(18)22/h3-4,7,19,23H,2,5-6,8H2,1H3,(H2,18,22)/t16-/m0/s1. The van der Waals surface area contributed by atoms with Gasteiger partial charge in [0.15, 0.2) is 5.60 Å². The zero-order valence-corrected chi connectivity index (χ0v) is 13.5. The molecule has 1 atom stereocenters. The number of aromatic nitrogens is 1. The molecular formula is C16H18ClN3O3. The molecule has 0 radical (unpaired) electrons. The average molecular weight is 336 g/mol. The van der Waals surface area contributed by atoms with Crippen LogP contribution in [0.4, 0.5) is 0 Å². The molecule has 3 rings (SSSR count). The van der Waals surface area contributed by atoms with Crippen molar-refractivity contribution in [3.05, 3.63) is 34.5 Å². The summed E-state index contributed by atoms with van der Waals surface area (Å²) in [5.41, 5.74) is 5.66. The number of nitrogens with zero attached hydrogens (tertiary/aromatic N) is 1. The fourth-order valence-corrected chi connectivity index (χ4v) is 3.32. The Bertz CT molecular complexity index is 801. The summed E-state index contributed by atoms with van der Waals surface area (Å²) in [5, 5.41) is 11.6. The predicted molar refractivity (Wildman–Crippen MR) is 87.3 cm³/mol. The molecule has 2 amide bonds. The van der Waals surface area contributed by atoms with Gasteiger partial charge in [-0.15, -0.1) is 0 Å². The molecule has 1 fully saturated rings. The number of aryl methyl sites for hydroxylation is 1. The third-order valence-corrected chi connectivity index (χ3v) is 4.61. The number of H-pyrrole nitrogens is 1. The van der Waals surface area contributed by atoms with Crippen molar-refractivity contribution in [3.63, 3.8) is 0 Å². The minimum atomic E-state index is -1.66. The number of nitrogens with two attached hydrogens (primary N) is 1. The van der Waals surface area contributed by atoms with Gasteiger partial charge in [-0.2, -0.15) is 0 Å². The third kappa shape index (κ3) is 2.68. The zero-order chi connectivity index (χ0) is 16.8. The molecule has 122 valence electrons. The van der Waals surface area contributed by atoms with E-state index in [4.69, 9.17) is 17.3 Å². The van der Waals surface area contributed by atoms with Crippen molar-refractivity contribution in [2.45, 2.75) is 25.4 Å². The fraction of sp³-hybridized carbons (Fsp3) is 0.375. The number of hydrogen-bond acceptors (Lipinski definition) is 3. The summed E-state index contributed by atoms with van der Waals surface area (Å²) in [6.45, 7) is 2.19. The zero-order valence-electron chi connectivity index (χ0n) is 12.7. The number of likely N-dealkylation sites (tertiary alicyclic amines) is 1. The van der Waals surface area contributed by atoms with Crippen molar-refractivity contribution < 1.29 is 14.7 Å². The Balaban J connectivity index is 1.99. The van der Waals surface area contributed by atoms with E-state index in [1.54, 1.807) is 12.1 Å². The van der Waals surface area contributed by atoms with E-state index >= 15 is 0 Å². The minimum absolute atomic E-state index is 0.0894. The van der Waals surface area contributed by atoms with Crippen LogP contribution in [0.3, 0.4) is 0 Å². The molecule has 1 aliphatic heterocycles. The van der Waals surface area contributed by atoms with Gasteiger partial charge in [0.25, 0.3) is 11.8 Å². The number of carbonyl (C=O) groups excluding carboxylic acids is 2. The van der Waals surface area contributed by atoms with E-state index in [0.29, 0.717) is 23.6 Å². The van der Waals surface area contributed by atoms with Crippen LogP contribution in [0.5, 0.6) is 0 Å². The number of aromatic amines is 1. The maximum absolute atomic E-state index is 12.9. The largest absolute Gasteiger partial charge is 0.378 e. The van der Waals surface area contributed by atoms with Gasteiger partial charge in [0.2, 0.25) is 0 Å². The van der Waals surface area contributed by atoms with Crippen LogP contribution in [0.15, 0.2) is 18.2 Å². The lowest BCUT2D eigenvalue weighted by Gasteiger charge is -2.37. The summed E-state index contributed by atoms with van der Waals surface area (Å²) in [5.74, 6) is -1.04. The number of fused-ring (bicyclic) bond motifs is 1. The van der Waals surface area contributed by atoms with Crippen LogP contribution in [0, 0.1) is 6.92 Å². The lowest BCUT2D eigenvalue weighted by Crippen LogP contribution is -2.57. The highest BCUT2D eigenvalue weighted by Crippen LogP contribution is 2.29. The van der Waals surface area contributed by atoms with Crippen LogP contribution >= 0.6 is 11.6 Å². The highest BCUT2D eigenvalue weighted by Gasteiger charge is 2.40. The Labute approximate surface area is 138 Å². The van der Waals surface area contributed by atoms with Gasteiger partial charge in [0.1, 0.15) is 0 Å². The molecule has 6 nitrogen and oxygen atoms in total. The number of piperidine rings is 1. The van der Waals surface area contributed by atoms with Gasteiger partial charge in [-0.1, -0.05) is 11.6 Å². The number of β-amino-alcohol motifs (C(OH)–C–C–N with tert-alkyl or cyclic N) is 1. The highest BCUT2D eigenvalue weighted by atomic mass is 35.5. The number of aliphatic hydroxyl groups is 1. The Kier molecular flexibility index (Phi) is 3.82. The number of carbonyl (C=O) groups is 2. The monoisotopic (exact) mass is 335 g/mol. The first-order chi connectivity index (χ1) is 10.8. The van der Waals surface area contributed by atoms with Crippen LogP contribution in [0.1, 0.15) is 28.9 Å². The van der Waals surface area contributed by atoms with Gasteiger partial charge in [0.05, 0.1) is 12.1 Å². The Morgan fingerprint density at radius 3 is 2.87 bits per heavy atom. The van der Waals surface area contributed by atoms with E-state index in [-0.39, 0.29) is 18.9 Å². The summed E-state index contributed by atoms with van der Waals surface area (Å²) >= 11 is 6.04. The van der Waals surface area contributed by atoms with E-state index in [1.165, 1.54) is 4.90 Å².